The van der Waals surface area contributed by atoms with Crippen molar-refractivity contribution in [2.24, 2.45) is 10.8 Å². The third-order valence-corrected chi connectivity index (χ3v) is 3.80. The van der Waals surface area contributed by atoms with Gasteiger partial charge in [-0.2, -0.15) is 0 Å². The molecule has 0 unspecified atom stereocenters. The fraction of sp³-hybridized carbons (Fsp3) is 1.00. The second-order valence-corrected chi connectivity index (χ2v) is 6.58. The molecular formula is C14H29NO. The molecule has 1 N–H and O–H groups in total. The van der Waals surface area contributed by atoms with Crippen LogP contribution in [0.25, 0.3) is 0 Å². The van der Waals surface area contributed by atoms with Crippen molar-refractivity contribution in [3.8, 4) is 0 Å². The first-order chi connectivity index (χ1) is 7.47. The number of rotatable bonds is 7. The van der Waals surface area contributed by atoms with Crippen LogP contribution in [0.4, 0.5) is 0 Å². The minimum Gasteiger partial charge on any atom is -0.383 e. The summed E-state index contributed by atoms with van der Waals surface area (Å²) in [5.74, 6) is 0. The lowest BCUT2D eigenvalue weighted by atomic mass is 9.64. The van der Waals surface area contributed by atoms with Crippen LogP contribution < -0.4 is 5.32 Å². The summed E-state index contributed by atoms with van der Waals surface area (Å²) in [6.45, 7) is 10.0. The third kappa shape index (κ3) is 4.84. The molecule has 0 saturated heterocycles. The van der Waals surface area contributed by atoms with Crippen LogP contribution in [-0.4, -0.2) is 26.8 Å². The Balaban J connectivity index is 2.22. The monoisotopic (exact) mass is 227 g/mol. The van der Waals surface area contributed by atoms with E-state index in [2.05, 4.69) is 26.1 Å². The van der Waals surface area contributed by atoms with Crippen molar-refractivity contribution in [3.05, 3.63) is 0 Å². The van der Waals surface area contributed by atoms with Gasteiger partial charge in [-0.3, -0.25) is 0 Å². The number of hydrogen-bond acceptors (Lipinski definition) is 2. The van der Waals surface area contributed by atoms with Gasteiger partial charge in [0.1, 0.15) is 0 Å². The lowest BCUT2D eigenvalue weighted by molar-refractivity contribution is 0.0936. The average Bonchev–Trinajstić information content (AvgIpc) is 2.13. The molecule has 1 rings (SSSR count). The van der Waals surface area contributed by atoms with E-state index in [0.717, 1.165) is 13.2 Å². The molecular weight excluding hydrogens is 198 g/mol. The molecule has 1 aliphatic rings. The first-order valence-electron chi connectivity index (χ1n) is 6.67. The van der Waals surface area contributed by atoms with E-state index in [1.165, 1.54) is 38.6 Å². The zero-order valence-corrected chi connectivity index (χ0v) is 11.6. The quantitative estimate of drug-likeness (QED) is 0.674. The summed E-state index contributed by atoms with van der Waals surface area (Å²) in [5.41, 5.74) is 1.09. The molecule has 1 fully saturated rings. The van der Waals surface area contributed by atoms with E-state index in [0.29, 0.717) is 10.8 Å². The minimum absolute atomic E-state index is 0.481. The van der Waals surface area contributed by atoms with Crippen molar-refractivity contribution >= 4 is 0 Å². The topological polar surface area (TPSA) is 21.3 Å². The summed E-state index contributed by atoms with van der Waals surface area (Å²) >= 11 is 0. The first-order valence-corrected chi connectivity index (χ1v) is 6.67. The second kappa shape index (κ2) is 6.02. The SMILES string of the molecule is COCCNCC1(CCC(C)(C)C)CCC1. The van der Waals surface area contributed by atoms with Gasteiger partial charge in [0.25, 0.3) is 0 Å². The van der Waals surface area contributed by atoms with Gasteiger partial charge >= 0.3 is 0 Å². The zero-order chi connectivity index (χ0) is 12.1. The summed E-state index contributed by atoms with van der Waals surface area (Å²) in [5, 5.41) is 3.54. The highest BCUT2D eigenvalue weighted by Crippen LogP contribution is 2.46. The fourth-order valence-electron chi connectivity index (χ4n) is 2.36. The Bertz CT molecular complexity index is 191. The predicted molar refractivity (Wildman–Crippen MR) is 69.7 cm³/mol. The number of nitrogens with one attached hydrogen (secondary N) is 1. The molecule has 0 aromatic rings. The van der Waals surface area contributed by atoms with Crippen molar-refractivity contribution in [1.82, 2.24) is 5.32 Å². The molecule has 96 valence electrons. The summed E-state index contributed by atoms with van der Waals surface area (Å²) in [7, 11) is 1.76. The van der Waals surface area contributed by atoms with E-state index >= 15 is 0 Å². The van der Waals surface area contributed by atoms with Gasteiger partial charge in [0.05, 0.1) is 6.61 Å². The van der Waals surface area contributed by atoms with Gasteiger partial charge in [-0.15, -0.1) is 0 Å². The maximum absolute atomic E-state index is 5.06. The third-order valence-electron chi connectivity index (χ3n) is 3.80. The molecule has 0 aliphatic heterocycles. The summed E-state index contributed by atoms with van der Waals surface area (Å²) in [4.78, 5) is 0. The van der Waals surface area contributed by atoms with E-state index in [4.69, 9.17) is 4.74 Å². The largest absolute Gasteiger partial charge is 0.383 e. The molecule has 0 radical (unpaired) electrons. The Kier molecular flexibility index (Phi) is 5.26. The number of hydrogen-bond donors (Lipinski definition) is 1. The Hall–Kier alpha value is -0.0800. The molecule has 0 atom stereocenters. The summed E-state index contributed by atoms with van der Waals surface area (Å²) < 4.78 is 5.06. The van der Waals surface area contributed by atoms with Crippen LogP contribution in [0.2, 0.25) is 0 Å². The van der Waals surface area contributed by atoms with Crippen LogP contribution in [0.5, 0.6) is 0 Å². The van der Waals surface area contributed by atoms with E-state index < -0.39 is 0 Å². The highest BCUT2D eigenvalue weighted by molar-refractivity contribution is 4.90. The van der Waals surface area contributed by atoms with Crippen molar-refractivity contribution < 1.29 is 4.74 Å². The minimum atomic E-state index is 0.481. The maximum atomic E-state index is 5.06. The van der Waals surface area contributed by atoms with Crippen molar-refractivity contribution in [2.45, 2.75) is 52.9 Å². The molecule has 2 nitrogen and oxygen atoms in total. The van der Waals surface area contributed by atoms with Crippen molar-refractivity contribution in [2.75, 3.05) is 26.8 Å². The van der Waals surface area contributed by atoms with Gasteiger partial charge in [-0.05, 0) is 36.5 Å². The Morgan fingerprint density at radius 1 is 1.25 bits per heavy atom. The van der Waals surface area contributed by atoms with Crippen LogP contribution >= 0.6 is 0 Å². The van der Waals surface area contributed by atoms with Gasteiger partial charge in [0.2, 0.25) is 0 Å². The summed E-state index contributed by atoms with van der Waals surface area (Å²) in [6.07, 6.45) is 7.00. The van der Waals surface area contributed by atoms with E-state index in [1.54, 1.807) is 7.11 Å². The van der Waals surface area contributed by atoms with Gasteiger partial charge < -0.3 is 10.1 Å². The average molecular weight is 227 g/mol. The fourth-order valence-corrected chi connectivity index (χ4v) is 2.36. The second-order valence-electron chi connectivity index (χ2n) is 6.58. The van der Waals surface area contributed by atoms with E-state index in [1.807, 2.05) is 0 Å². The first kappa shape index (κ1) is 14.0. The molecule has 1 aliphatic carbocycles. The normalized spacial score (nSPS) is 19.5. The van der Waals surface area contributed by atoms with Crippen LogP contribution in [0.1, 0.15) is 52.9 Å². The number of methoxy groups -OCH3 is 1. The van der Waals surface area contributed by atoms with Crippen LogP contribution in [-0.2, 0) is 4.74 Å². The van der Waals surface area contributed by atoms with Crippen LogP contribution in [0.15, 0.2) is 0 Å². The number of ether oxygens (including phenoxy) is 1. The highest BCUT2D eigenvalue weighted by Gasteiger charge is 2.36. The molecule has 0 amide bonds. The molecule has 0 aromatic heterocycles. The molecule has 2 heteroatoms. The zero-order valence-electron chi connectivity index (χ0n) is 11.6. The molecule has 1 saturated carbocycles. The molecule has 0 heterocycles. The summed E-state index contributed by atoms with van der Waals surface area (Å²) in [6, 6.07) is 0. The van der Waals surface area contributed by atoms with Crippen molar-refractivity contribution in [1.29, 1.82) is 0 Å². The predicted octanol–water partition coefficient (Wildman–Crippen LogP) is 3.22. The standard InChI is InChI=1S/C14H29NO/c1-13(2,3)8-9-14(6-5-7-14)12-15-10-11-16-4/h15H,5-12H2,1-4H3. The molecule has 16 heavy (non-hydrogen) atoms. The highest BCUT2D eigenvalue weighted by atomic mass is 16.5. The molecule has 0 bridgehead atoms. The van der Waals surface area contributed by atoms with Gasteiger partial charge in [-0.25, -0.2) is 0 Å². The van der Waals surface area contributed by atoms with E-state index in [9.17, 15) is 0 Å². The lowest BCUT2D eigenvalue weighted by Crippen LogP contribution is -2.41. The Morgan fingerprint density at radius 3 is 2.38 bits per heavy atom. The van der Waals surface area contributed by atoms with E-state index in [-0.39, 0.29) is 0 Å². The Morgan fingerprint density at radius 2 is 1.94 bits per heavy atom. The smallest absolute Gasteiger partial charge is 0.0587 e. The molecule has 0 spiro atoms. The van der Waals surface area contributed by atoms with Crippen LogP contribution in [0.3, 0.4) is 0 Å². The maximum Gasteiger partial charge on any atom is 0.0587 e. The van der Waals surface area contributed by atoms with Gasteiger partial charge in [-0.1, -0.05) is 27.2 Å². The molecule has 0 aromatic carbocycles. The van der Waals surface area contributed by atoms with Gasteiger partial charge in [0, 0.05) is 20.2 Å². The van der Waals surface area contributed by atoms with Crippen molar-refractivity contribution in [3.63, 3.8) is 0 Å². The lowest BCUT2D eigenvalue weighted by Gasteiger charge is -2.44. The van der Waals surface area contributed by atoms with Crippen LogP contribution in [0, 0.1) is 10.8 Å². The Labute approximate surface area is 101 Å². The van der Waals surface area contributed by atoms with Gasteiger partial charge in [0.15, 0.2) is 0 Å².